The Bertz CT molecular complexity index is 1710. The number of carbonyl (C=O) groups excluding carboxylic acids is 1. The van der Waals surface area contributed by atoms with Gasteiger partial charge in [0.15, 0.2) is 11.2 Å². The molecule has 1 aromatic carbocycles. The molecule has 4 N–H and O–H groups in total. The van der Waals surface area contributed by atoms with E-state index in [-0.39, 0.29) is 12.6 Å². The largest absolute Gasteiger partial charge is 0.366 e. The van der Waals surface area contributed by atoms with Gasteiger partial charge in [-0.2, -0.15) is 4.98 Å². The second-order valence-electron chi connectivity index (χ2n) is 10.1. The van der Waals surface area contributed by atoms with Crippen molar-refractivity contribution in [3.05, 3.63) is 74.2 Å². The lowest BCUT2D eigenvalue weighted by molar-refractivity contribution is 0.100. The molecule has 4 aromatic rings. The molecule has 0 aliphatic carbocycles. The van der Waals surface area contributed by atoms with Crippen LogP contribution in [0.2, 0.25) is 0 Å². The lowest BCUT2D eigenvalue weighted by Crippen LogP contribution is -2.44. The maximum Gasteiger partial charge on any atom is 0.332 e. The average Bonchev–Trinajstić information content (AvgIpc) is 3.28. The van der Waals surface area contributed by atoms with Crippen LogP contribution in [0, 0.1) is 0 Å². The Kier molecular flexibility index (Phi) is 6.62. The molecule has 1 aliphatic heterocycles. The monoisotopic (exact) mass is 516 g/mol. The number of amides is 1. The van der Waals surface area contributed by atoms with Crippen LogP contribution < -0.4 is 27.6 Å². The van der Waals surface area contributed by atoms with Crippen molar-refractivity contribution in [2.75, 3.05) is 18.0 Å². The standard InChI is InChI=1S/C27H32N8O3/c1-16(2)10-13-34-22-24(31-26(34)33-12-5-6-17(28)14-33)32(3)27(38)35(25(22)37)15-21-19-7-4-8-20(23(29)36)18(19)9-11-30-21/h4,7-11,17H,5-6,12-15,28H2,1-3H3,(H2,29,36). The second-order valence-corrected chi connectivity index (χ2v) is 10.1. The van der Waals surface area contributed by atoms with Crippen LogP contribution in [0.5, 0.6) is 0 Å². The summed E-state index contributed by atoms with van der Waals surface area (Å²) in [7, 11) is 1.62. The Labute approximate surface area is 219 Å². The average molecular weight is 517 g/mol. The van der Waals surface area contributed by atoms with Crippen LogP contribution >= 0.6 is 0 Å². The van der Waals surface area contributed by atoms with Gasteiger partial charge in [-0.15, -0.1) is 0 Å². The van der Waals surface area contributed by atoms with E-state index in [0.717, 1.165) is 25.0 Å². The summed E-state index contributed by atoms with van der Waals surface area (Å²) in [6.07, 6.45) is 5.44. The molecule has 1 aliphatic rings. The molecule has 198 valence electrons. The molecule has 1 saturated heterocycles. The molecule has 38 heavy (non-hydrogen) atoms. The summed E-state index contributed by atoms with van der Waals surface area (Å²) >= 11 is 0. The Balaban J connectivity index is 1.72. The van der Waals surface area contributed by atoms with Gasteiger partial charge in [-0.25, -0.2) is 4.79 Å². The van der Waals surface area contributed by atoms with E-state index in [2.05, 4.69) is 9.88 Å². The second kappa shape index (κ2) is 9.90. The number of primary amides is 1. The molecule has 0 spiro atoms. The number of hydrogen-bond acceptors (Lipinski definition) is 7. The number of aromatic nitrogens is 5. The van der Waals surface area contributed by atoms with Crippen LogP contribution in [0.3, 0.4) is 0 Å². The molecule has 1 atom stereocenters. The van der Waals surface area contributed by atoms with Crippen molar-refractivity contribution in [2.45, 2.75) is 45.8 Å². The lowest BCUT2D eigenvalue weighted by atomic mass is 10.0. The van der Waals surface area contributed by atoms with E-state index >= 15 is 0 Å². The van der Waals surface area contributed by atoms with Gasteiger partial charge in [0.05, 0.1) is 12.2 Å². The van der Waals surface area contributed by atoms with Crippen molar-refractivity contribution in [2.24, 2.45) is 18.5 Å². The molecule has 0 saturated carbocycles. The highest BCUT2D eigenvalue weighted by atomic mass is 16.2. The zero-order valence-corrected chi connectivity index (χ0v) is 21.8. The third-order valence-electron chi connectivity index (χ3n) is 7.10. The van der Waals surface area contributed by atoms with Crippen LogP contribution in [0.15, 0.2) is 51.7 Å². The molecule has 4 heterocycles. The fraction of sp³-hybridized carbons (Fsp3) is 0.370. The number of piperidine rings is 1. The number of hydrogen-bond donors (Lipinski definition) is 2. The topological polar surface area (TPSA) is 147 Å². The van der Waals surface area contributed by atoms with E-state index in [1.165, 1.54) is 9.13 Å². The smallest absolute Gasteiger partial charge is 0.332 e. The summed E-state index contributed by atoms with van der Waals surface area (Å²) < 4.78 is 4.46. The van der Waals surface area contributed by atoms with Crippen molar-refractivity contribution >= 4 is 33.8 Å². The fourth-order valence-electron chi connectivity index (χ4n) is 5.14. The molecule has 1 unspecified atom stereocenters. The number of benzene rings is 1. The summed E-state index contributed by atoms with van der Waals surface area (Å²) in [5.41, 5.74) is 13.5. The molecule has 3 aromatic heterocycles. The Morgan fingerprint density at radius 1 is 1.16 bits per heavy atom. The quantitative estimate of drug-likeness (QED) is 0.369. The van der Waals surface area contributed by atoms with Crippen molar-refractivity contribution < 1.29 is 4.79 Å². The first-order valence-corrected chi connectivity index (χ1v) is 12.7. The molecule has 1 amide bonds. The molecule has 0 bridgehead atoms. The number of nitrogens with two attached hydrogens (primary N) is 2. The zero-order valence-electron chi connectivity index (χ0n) is 21.8. The Hall–Kier alpha value is -4.25. The van der Waals surface area contributed by atoms with Crippen molar-refractivity contribution in [1.82, 2.24) is 23.7 Å². The first-order chi connectivity index (χ1) is 18.2. The van der Waals surface area contributed by atoms with Crippen molar-refractivity contribution in [3.8, 4) is 0 Å². The van der Waals surface area contributed by atoms with Gasteiger partial charge in [-0.05, 0) is 44.2 Å². The SMILES string of the molecule is CC(C)=CCn1c(N2CCCC(N)C2)nc2c1c(=O)n(Cc1nccc3c(C(N)=O)cccc13)c(=O)n2C. The third kappa shape index (κ3) is 4.38. The predicted molar refractivity (Wildman–Crippen MR) is 147 cm³/mol. The summed E-state index contributed by atoms with van der Waals surface area (Å²) in [6.45, 7) is 5.76. The number of fused-ring (bicyclic) bond motifs is 2. The first-order valence-electron chi connectivity index (χ1n) is 12.7. The first kappa shape index (κ1) is 25.4. The number of rotatable bonds is 6. The van der Waals surface area contributed by atoms with E-state index in [4.69, 9.17) is 16.5 Å². The van der Waals surface area contributed by atoms with Crippen LogP contribution in [-0.2, 0) is 20.1 Å². The summed E-state index contributed by atoms with van der Waals surface area (Å²) in [6, 6.07) is 6.87. The number of anilines is 1. The lowest BCUT2D eigenvalue weighted by Gasteiger charge is -2.31. The minimum atomic E-state index is -0.560. The number of allylic oxidation sites excluding steroid dienone is 2. The third-order valence-corrected chi connectivity index (χ3v) is 7.10. The number of carbonyl (C=O) groups is 1. The van der Waals surface area contributed by atoms with Crippen LogP contribution in [0.25, 0.3) is 21.9 Å². The highest BCUT2D eigenvalue weighted by Gasteiger charge is 2.26. The molecule has 11 heteroatoms. The maximum absolute atomic E-state index is 14.0. The molecule has 11 nitrogen and oxygen atoms in total. The van der Waals surface area contributed by atoms with Crippen LogP contribution in [-0.4, -0.2) is 48.7 Å². The van der Waals surface area contributed by atoms with Gasteiger partial charge in [-0.3, -0.25) is 23.7 Å². The number of imidazole rings is 1. The van der Waals surface area contributed by atoms with Gasteiger partial charge in [0.1, 0.15) is 0 Å². The van der Waals surface area contributed by atoms with Crippen molar-refractivity contribution in [3.63, 3.8) is 0 Å². The normalized spacial score (nSPS) is 15.8. The van der Waals surface area contributed by atoms with Gasteiger partial charge in [0.2, 0.25) is 11.9 Å². The van der Waals surface area contributed by atoms with E-state index in [1.807, 2.05) is 24.5 Å². The highest BCUT2D eigenvalue weighted by Crippen LogP contribution is 2.24. The summed E-state index contributed by atoms with van der Waals surface area (Å²) in [5, 5.41) is 1.27. The van der Waals surface area contributed by atoms with Crippen LogP contribution in [0.4, 0.5) is 5.95 Å². The van der Waals surface area contributed by atoms with Gasteiger partial charge in [0.25, 0.3) is 5.56 Å². The molecular formula is C27H32N8O3. The highest BCUT2D eigenvalue weighted by molar-refractivity contribution is 6.06. The molecule has 0 radical (unpaired) electrons. The van der Waals surface area contributed by atoms with Gasteiger partial charge in [-0.1, -0.05) is 23.8 Å². The van der Waals surface area contributed by atoms with Gasteiger partial charge >= 0.3 is 5.69 Å². The van der Waals surface area contributed by atoms with Crippen LogP contribution in [0.1, 0.15) is 42.7 Å². The summed E-state index contributed by atoms with van der Waals surface area (Å²) in [5.74, 6) is 0.0715. The number of pyridine rings is 1. The number of aryl methyl sites for hydroxylation is 1. The Morgan fingerprint density at radius 3 is 2.66 bits per heavy atom. The van der Waals surface area contributed by atoms with E-state index in [9.17, 15) is 14.4 Å². The predicted octanol–water partition coefficient (Wildman–Crippen LogP) is 1.49. The Morgan fingerprint density at radius 2 is 1.95 bits per heavy atom. The van der Waals surface area contributed by atoms with Crippen molar-refractivity contribution in [1.29, 1.82) is 0 Å². The van der Waals surface area contributed by atoms with Gasteiger partial charge in [0, 0.05) is 49.9 Å². The summed E-state index contributed by atoms with van der Waals surface area (Å²) in [4.78, 5) is 50.7. The van der Waals surface area contributed by atoms with E-state index < -0.39 is 17.2 Å². The zero-order chi connectivity index (χ0) is 27.1. The molecule has 1 fully saturated rings. The minimum Gasteiger partial charge on any atom is -0.366 e. The fourth-order valence-corrected chi connectivity index (χ4v) is 5.14. The minimum absolute atomic E-state index is 0.0173. The van der Waals surface area contributed by atoms with E-state index in [0.29, 0.717) is 52.2 Å². The maximum atomic E-state index is 14.0. The number of nitrogens with zero attached hydrogens (tertiary/aromatic N) is 6. The van der Waals surface area contributed by atoms with Gasteiger partial charge < -0.3 is 20.9 Å². The van der Waals surface area contributed by atoms with E-state index in [1.54, 1.807) is 37.5 Å². The molecular weight excluding hydrogens is 484 g/mol. The molecule has 5 rings (SSSR count).